The molecule has 0 unspecified atom stereocenters. The average Bonchev–Trinajstić information content (AvgIpc) is 3.03. The van der Waals surface area contributed by atoms with Crippen LogP contribution in [0.4, 0.5) is 5.95 Å². The molecule has 0 fully saturated rings. The van der Waals surface area contributed by atoms with E-state index in [4.69, 9.17) is 5.11 Å². The Labute approximate surface area is 158 Å². The zero-order valence-electron chi connectivity index (χ0n) is 15.4. The minimum absolute atomic E-state index is 0.134. The Morgan fingerprint density at radius 2 is 1.93 bits per heavy atom. The number of imidazole rings is 1. The van der Waals surface area contributed by atoms with E-state index in [1.165, 1.54) is 9.58 Å². The van der Waals surface area contributed by atoms with Crippen molar-refractivity contribution in [3.8, 4) is 0 Å². The summed E-state index contributed by atoms with van der Waals surface area (Å²) in [6.45, 7) is 1.77. The van der Waals surface area contributed by atoms with Crippen molar-refractivity contribution >= 4 is 28.8 Å². The molecule has 0 saturated carbocycles. The van der Waals surface area contributed by atoms with Crippen molar-refractivity contribution in [1.29, 1.82) is 0 Å². The van der Waals surface area contributed by atoms with Gasteiger partial charge < -0.3 is 5.11 Å². The van der Waals surface area contributed by atoms with Crippen LogP contribution in [0.15, 0.2) is 45.0 Å². The number of hydrogen-bond acceptors (Lipinski definition) is 6. The molecule has 144 valence electrons. The van der Waals surface area contributed by atoms with Crippen molar-refractivity contribution in [2.75, 3.05) is 11.6 Å². The Kier molecular flexibility index (Phi) is 4.10. The minimum atomic E-state index is -1.08. The van der Waals surface area contributed by atoms with Crippen LogP contribution in [-0.2, 0) is 24.9 Å². The molecule has 28 heavy (non-hydrogen) atoms. The van der Waals surface area contributed by atoms with E-state index < -0.39 is 23.8 Å². The number of carboxylic acid groups (broad SMARTS) is 1. The normalized spacial score (nSPS) is 13.5. The molecule has 1 aromatic carbocycles. The van der Waals surface area contributed by atoms with Crippen LogP contribution < -0.4 is 16.3 Å². The van der Waals surface area contributed by atoms with Gasteiger partial charge >= 0.3 is 11.7 Å². The van der Waals surface area contributed by atoms with Crippen LogP contribution in [0.3, 0.4) is 0 Å². The molecule has 0 spiro atoms. The van der Waals surface area contributed by atoms with Gasteiger partial charge in [-0.1, -0.05) is 30.3 Å². The molecule has 10 nitrogen and oxygen atoms in total. The van der Waals surface area contributed by atoms with E-state index >= 15 is 0 Å². The predicted molar refractivity (Wildman–Crippen MR) is 103 cm³/mol. The van der Waals surface area contributed by atoms with Crippen molar-refractivity contribution in [1.82, 2.24) is 18.7 Å². The highest BCUT2D eigenvalue weighted by Crippen LogP contribution is 2.23. The summed E-state index contributed by atoms with van der Waals surface area (Å²) in [5.74, 6) is -0.847. The van der Waals surface area contributed by atoms with Crippen LogP contribution in [0.1, 0.15) is 12.5 Å². The van der Waals surface area contributed by atoms with Crippen molar-refractivity contribution in [3.63, 3.8) is 0 Å². The van der Waals surface area contributed by atoms with E-state index in [2.05, 4.69) is 10.1 Å². The van der Waals surface area contributed by atoms with Crippen LogP contribution in [0.2, 0.25) is 0 Å². The Bertz CT molecular complexity index is 1230. The highest BCUT2D eigenvalue weighted by molar-refractivity contribution is 5.88. The number of carboxylic acids is 1. The Hall–Kier alpha value is -3.69. The number of aromatic nitrogens is 4. The van der Waals surface area contributed by atoms with E-state index in [0.717, 1.165) is 10.1 Å². The second-order valence-electron chi connectivity index (χ2n) is 6.68. The van der Waals surface area contributed by atoms with Gasteiger partial charge in [0.15, 0.2) is 11.2 Å². The Morgan fingerprint density at radius 1 is 1.21 bits per heavy atom. The Balaban J connectivity index is 1.95. The van der Waals surface area contributed by atoms with Gasteiger partial charge in [0.2, 0.25) is 5.95 Å². The van der Waals surface area contributed by atoms with Crippen LogP contribution in [0, 0.1) is 0 Å². The first kappa shape index (κ1) is 17.7. The van der Waals surface area contributed by atoms with Gasteiger partial charge in [-0.2, -0.15) is 10.1 Å². The number of carbonyl (C=O) groups is 1. The lowest BCUT2D eigenvalue weighted by Crippen LogP contribution is -2.40. The number of anilines is 1. The number of nitrogens with zero attached hydrogens (tertiary/aromatic N) is 6. The molecule has 0 saturated heterocycles. The predicted octanol–water partition coefficient (Wildman–Crippen LogP) is 0.225. The highest BCUT2D eigenvalue weighted by Gasteiger charge is 2.27. The van der Waals surface area contributed by atoms with Gasteiger partial charge in [-0.05, 0) is 12.5 Å². The first-order valence-corrected chi connectivity index (χ1v) is 8.64. The maximum atomic E-state index is 13.2. The fourth-order valence-electron chi connectivity index (χ4n) is 3.36. The number of hydrogen-bond donors (Lipinski definition) is 1. The minimum Gasteiger partial charge on any atom is -0.480 e. The monoisotopic (exact) mass is 382 g/mol. The molecule has 10 heteroatoms. The fraction of sp³-hybridized carbons (Fsp3) is 0.278. The molecule has 1 N–H and O–H groups in total. The molecular formula is C18H18N6O4. The van der Waals surface area contributed by atoms with Crippen molar-refractivity contribution in [2.45, 2.75) is 20.0 Å². The van der Waals surface area contributed by atoms with Gasteiger partial charge in [-0.3, -0.25) is 23.3 Å². The topological polar surface area (TPSA) is 115 Å². The molecular weight excluding hydrogens is 364 g/mol. The zero-order valence-corrected chi connectivity index (χ0v) is 15.4. The SMILES string of the molecule is CC1=NN(CC(=O)O)c2nc3c(c(=O)n(Cc4ccccc4)c(=O)n3C)n2C1. The van der Waals surface area contributed by atoms with Crippen LogP contribution in [0.25, 0.3) is 11.2 Å². The summed E-state index contributed by atoms with van der Waals surface area (Å²) in [7, 11) is 1.54. The highest BCUT2D eigenvalue weighted by atomic mass is 16.4. The van der Waals surface area contributed by atoms with Gasteiger partial charge in [-0.15, -0.1) is 0 Å². The summed E-state index contributed by atoms with van der Waals surface area (Å²) >= 11 is 0. The fourth-order valence-corrected chi connectivity index (χ4v) is 3.36. The molecule has 3 heterocycles. The molecule has 3 aromatic rings. The molecule has 0 amide bonds. The summed E-state index contributed by atoms with van der Waals surface area (Å²) in [5, 5.41) is 14.6. The number of aliphatic carboxylic acids is 1. The lowest BCUT2D eigenvalue weighted by Gasteiger charge is -2.23. The standard InChI is InChI=1S/C18H18N6O4/c1-11-8-22-14-15(19-17(22)24(20-11)10-13(25)26)21(2)18(28)23(16(14)27)9-12-6-4-3-5-7-12/h3-7H,8-10H2,1-2H3,(H,25,26). The molecule has 4 rings (SSSR count). The van der Waals surface area contributed by atoms with E-state index in [9.17, 15) is 14.4 Å². The van der Waals surface area contributed by atoms with Crippen LogP contribution >= 0.6 is 0 Å². The lowest BCUT2D eigenvalue weighted by molar-refractivity contribution is -0.135. The van der Waals surface area contributed by atoms with E-state index in [1.54, 1.807) is 18.5 Å². The molecule has 0 bridgehead atoms. The second-order valence-corrected chi connectivity index (χ2v) is 6.68. The summed E-state index contributed by atoms with van der Waals surface area (Å²) in [6, 6.07) is 9.22. The maximum absolute atomic E-state index is 13.2. The number of hydrazone groups is 1. The van der Waals surface area contributed by atoms with Gasteiger partial charge in [0.25, 0.3) is 5.56 Å². The smallest absolute Gasteiger partial charge is 0.332 e. The van der Waals surface area contributed by atoms with Crippen molar-refractivity contribution in [2.24, 2.45) is 12.1 Å². The van der Waals surface area contributed by atoms with E-state index in [-0.39, 0.29) is 23.7 Å². The number of aryl methyl sites for hydroxylation is 1. The lowest BCUT2D eigenvalue weighted by atomic mass is 10.2. The van der Waals surface area contributed by atoms with Gasteiger partial charge in [0.1, 0.15) is 6.54 Å². The molecule has 0 radical (unpaired) electrons. The largest absolute Gasteiger partial charge is 0.480 e. The maximum Gasteiger partial charge on any atom is 0.332 e. The molecule has 1 aliphatic rings. The quantitative estimate of drug-likeness (QED) is 0.691. The third-order valence-corrected chi connectivity index (χ3v) is 4.59. The Morgan fingerprint density at radius 3 is 2.61 bits per heavy atom. The van der Waals surface area contributed by atoms with Gasteiger partial charge in [0.05, 0.1) is 18.8 Å². The molecule has 0 aliphatic carbocycles. The first-order chi connectivity index (χ1) is 13.4. The third-order valence-electron chi connectivity index (χ3n) is 4.59. The average molecular weight is 382 g/mol. The summed E-state index contributed by atoms with van der Waals surface area (Å²) in [6.07, 6.45) is 0. The number of benzene rings is 1. The molecule has 2 aromatic heterocycles. The summed E-state index contributed by atoms with van der Waals surface area (Å²) < 4.78 is 4.08. The molecule has 0 atom stereocenters. The summed E-state index contributed by atoms with van der Waals surface area (Å²) in [5.41, 5.74) is 0.956. The summed E-state index contributed by atoms with van der Waals surface area (Å²) in [4.78, 5) is 41.5. The molecule has 1 aliphatic heterocycles. The second kappa shape index (κ2) is 6.48. The van der Waals surface area contributed by atoms with Crippen molar-refractivity contribution < 1.29 is 9.90 Å². The van der Waals surface area contributed by atoms with Gasteiger partial charge in [-0.25, -0.2) is 9.80 Å². The third kappa shape index (κ3) is 2.79. The van der Waals surface area contributed by atoms with E-state index in [0.29, 0.717) is 12.3 Å². The number of rotatable bonds is 4. The van der Waals surface area contributed by atoms with Crippen LogP contribution in [0.5, 0.6) is 0 Å². The van der Waals surface area contributed by atoms with Gasteiger partial charge in [0, 0.05) is 7.05 Å². The number of fused-ring (bicyclic) bond motifs is 3. The van der Waals surface area contributed by atoms with E-state index in [1.807, 2.05) is 30.3 Å². The zero-order chi connectivity index (χ0) is 20.0. The van der Waals surface area contributed by atoms with Crippen molar-refractivity contribution in [3.05, 3.63) is 56.7 Å². The first-order valence-electron chi connectivity index (χ1n) is 8.64. The van der Waals surface area contributed by atoms with Crippen LogP contribution in [-0.4, -0.2) is 42.0 Å².